The number of hydrogen-bond donors (Lipinski definition) is 0. The molecule has 3 rings (SSSR count). The highest BCUT2D eigenvalue weighted by Crippen LogP contribution is 2.29. The van der Waals surface area contributed by atoms with Crippen molar-refractivity contribution in [2.45, 2.75) is 0 Å². The van der Waals surface area contributed by atoms with Crippen molar-refractivity contribution in [1.29, 1.82) is 5.26 Å². The monoisotopic (exact) mass is 379 g/mol. The fraction of sp³-hybridized carbons (Fsp3) is 0.286. The largest absolute Gasteiger partial charge is 0.493 e. The lowest BCUT2D eigenvalue weighted by Crippen LogP contribution is -2.43. The Labute approximate surface area is 163 Å². The predicted molar refractivity (Wildman–Crippen MR) is 104 cm³/mol. The molecular weight excluding hydrogens is 358 g/mol. The van der Waals surface area contributed by atoms with Crippen molar-refractivity contribution in [3.05, 3.63) is 53.9 Å². The van der Waals surface area contributed by atoms with Gasteiger partial charge in [-0.1, -0.05) is 12.1 Å². The van der Waals surface area contributed by atoms with E-state index in [0.29, 0.717) is 49.1 Å². The molecule has 0 atom stereocenters. The fourth-order valence-electron chi connectivity index (χ4n) is 2.79. The zero-order valence-corrected chi connectivity index (χ0v) is 15.6. The Morgan fingerprint density at radius 1 is 1.29 bits per heavy atom. The van der Waals surface area contributed by atoms with Gasteiger partial charge in [0.2, 0.25) is 0 Å². The summed E-state index contributed by atoms with van der Waals surface area (Å²) in [5, 5.41) is 9.43. The predicted octanol–water partition coefficient (Wildman–Crippen LogP) is 2.39. The summed E-state index contributed by atoms with van der Waals surface area (Å²) in [6.07, 6.45) is 3.37. The van der Waals surface area contributed by atoms with Crippen LogP contribution in [0, 0.1) is 11.3 Å². The average molecular weight is 379 g/mol. The minimum Gasteiger partial charge on any atom is -0.493 e. The van der Waals surface area contributed by atoms with Gasteiger partial charge in [-0.2, -0.15) is 5.26 Å². The topological polar surface area (TPSA) is 84.7 Å². The maximum absolute atomic E-state index is 12.2. The van der Waals surface area contributed by atoms with E-state index in [2.05, 4.69) is 11.1 Å². The zero-order chi connectivity index (χ0) is 19.8. The van der Waals surface area contributed by atoms with E-state index < -0.39 is 0 Å². The minimum atomic E-state index is -0.0868. The molecular formula is C21H21N3O4. The molecule has 144 valence electrons. The molecule has 7 nitrogen and oxygen atoms in total. The van der Waals surface area contributed by atoms with Crippen LogP contribution < -0.4 is 9.47 Å². The van der Waals surface area contributed by atoms with Crippen LogP contribution in [0.2, 0.25) is 0 Å². The first-order chi connectivity index (χ1) is 13.7. The van der Waals surface area contributed by atoms with Crippen molar-refractivity contribution < 1.29 is 19.0 Å². The van der Waals surface area contributed by atoms with Crippen LogP contribution in [0.4, 0.5) is 0 Å². The van der Waals surface area contributed by atoms with Gasteiger partial charge in [-0.25, -0.2) is 0 Å². The molecule has 2 heterocycles. The van der Waals surface area contributed by atoms with Crippen LogP contribution in [0.25, 0.3) is 11.6 Å². The second-order valence-electron chi connectivity index (χ2n) is 6.08. The average Bonchev–Trinajstić information content (AvgIpc) is 2.77. The van der Waals surface area contributed by atoms with Gasteiger partial charge in [-0.15, -0.1) is 0 Å². The second kappa shape index (κ2) is 9.53. The number of methoxy groups -OCH3 is 1. The number of nitriles is 1. The highest BCUT2D eigenvalue weighted by atomic mass is 16.5. The lowest BCUT2D eigenvalue weighted by atomic mass is 10.1. The van der Waals surface area contributed by atoms with Gasteiger partial charge in [-0.05, 0) is 35.9 Å². The van der Waals surface area contributed by atoms with Gasteiger partial charge < -0.3 is 19.1 Å². The second-order valence-corrected chi connectivity index (χ2v) is 6.08. The standard InChI is InChI=1S/C21H21N3O4/c1-26-20-13-16(12-17(14-22)18-4-2-3-7-23-18)5-6-19(20)28-15-21(25)24-8-10-27-11-9-24/h2-7,12-13H,8-11,15H2,1H3/b17-12+. The summed E-state index contributed by atoms with van der Waals surface area (Å²) in [4.78, 5) is 18.2. The molecule has 0 unspecified atom stereocenters. The molecule has 0 aliphatic carbocycles. The number of aromatic nitrogens is 1. The summed E-state index contributed by atoms with van der Waals surface area (Å²) < 4.78 is 16.3. The van der Waals surface area contributed by atoms with Crippen LogP contribution in [-0.2, 0) is 9.53 Å². The smallest absolute Gasteiger partial charge is 0.260 e. The molecule has 0 spiro atoms. The normalized spacial score (nSPS) is 14.3. The summed E-state index contributed by atoms with van der Waals surface area (Å²) in [7, 11) is 1.53. The number of allylic oxidation sites excluding steroid dienone is 1. The fourth-order valence-corrected chi connectivity index (χ4v) is 2.79. The summed E-state index contributed by atoms with van der Waals surface area (Å²) >= 11 is 0. The first kappa shape index (κ1) is 19.4. The molecule has 1 saturated heterocycles. The molecule has 1 aliphatic heterocycles. The first-order valence-electron chi connectivity index (χ1n) is 8.91. The van der Waals surface area contributed by atoms with Crippen LogP contribution in [0.5, 0.6) is 11.5 Å². The van der Waals surface area contributed by atoms with E-state index in [4.69, 9.17) is 14.2 Å². The molecule has 1 aromatic carbocycles. The number of rotatable bonds is 6. The molecule has 0 N–H and O–H groups in total. The third-order valence-corrected chi connectivity index (χ3v) is 4.27. The van der Waals surface area contributed by atoms with Crippen molar-refractivity contribution >= 4 is 17.6 Å². The number of ether oxygens (including phenoxy) is 3. The number of amides is 1. The van der Waals surface area contributed by atoms with E-state index in [1.165, 1.54) is 7.11 Å². The van der Waals surface area contributed by atoms with Gasteiger partial charge in [0.25, 0.3) is 5.91 Å². The van der Waals surface area contributed by atoms with Gasteiger partial charge in [0.15, 0.2) is 18.1 Å². The number of carbonyl (C=O) groups excluding carboxylic acids is 1. The molecule has 1 amide bonds. The van der Waals surface area contributed by atoms with Gasteiger partial charge in [-0.3, -0.25) is 9.78 Å². The van der Waals surface area contributed by atoms with Crippen molar-refractivity contribution in [3.8, 4) is 17.6 Å². The number of benzene rings is 1. The van der Waals surface area contributed by atoms with Crippen molar-refractivity contribution in [2.24, 2.45) is 0 Å². The van der Waals surface area contributed by atoms with E-state index in [1.54, 1.807) is 47.5 Å². The molecule has 1 fully saturated rings. The van der Waals surface area contributed by atoms with Crippen molar-refractivity contribution in [2.75, 3.05) is 40.0 Å². The quantitative estimate of drug-likeness (QED) is 0.717. The summed E-state index contributed by atoms with van der Waals surface area (Å²) in [6.45, 7) is 2.19. The highest BCUT2D eigenvalue weighted by molar-refractivity contribution is 5.88. The van der Waals surface area contributed by atoms with Gasteiger partial charge in [0.05, 0.1) is 31.6 Å². The molecule has 7 heteroatoms. The maximum atomic E-state index is 12.2. The van der Waals surface area contributed by atoms with Crippen LogP contribution >= 0.6 is 0 Å². The molecule has 0 saturated carbocycles. The van der Waals surface area contributed by atoms with Gasteiger partial charge in [0.1, 0.15) is 6.07 Å². The number of pyridine rings is 1. The third-order valence-electron chi connectivity index (χ3n) is 4.27. The minimum absolute atomic E-state index is 0.0665. The van der Waals surface area contributed by atoms with E-state index in [0.717, 1.165) is 5.56 Å². The lowest BCUT2D eigenvalue weighted by Gasteiger charge is -2.26. The van der Waals surface area contributed by atoms with Crippen molar-refractivity contribution in [3.63, 3.8) is 0 Å². The van der Waals surface area contributed by atoms with Gasteiger partial charge in [0, 0.05) is 19.3 Å². The number of morpholine rings is 1. The SMILES string of the molecule is COc1cc(/C=C(\C#N)c2ccccn2)ccc1OCC(=O)N1CCOCC1. The number of carbonyl (C=O) groups is 1. The van der Waals surface area contributed by atoms with E-state index in [9.17, 15) is 10.1 Å². The summed E-state index contributed by atoms with van der Waals surface area (Å²) in [6, 6.07) is 12.9. The number of nitrogens with zero attached hydrogens (tertiary/aromatic N) is 3. The van der Waals surface area contributed by atoms with E-state index in [-0.39, 0.29) is 12.5 Å². The summed E-state index contributed by atoms with van der Waals surface area (Å²) in [5.41, 5.74) is 1.81. The highest BCUT2D eigenvalue weighted by Gasteiger charge is 2.18. The Bertz CT molecular complexity index is 884. The Hall–Kier alpha value is -3.37. The maximum Gasteiger partial charge on any atom is 0.260 e. The van der Waals surface area contributed by atoms with Gasteiger partial charge >= 0.3 is 0 Å². The third kappa shape index (κ3) is 4.87. The molecule has 0 bridgehead atoms. The molecule has 28 heavy (non-hydrogen) atoms. The molecule has 2 aromatic rings. The molecule has 0 radical (unpaired) electrons. The lowest BCUT2D eigenvalue weighted by molar-refractivity contribution is -0.137. The van der Waals surface area contributed by atoms with E-state index >= 15 is 0 Å². The first-order valence-corrected chi connectivity index (χ1v) is 8.91. The number of hydrogen-bond acceptors (Lipinski definition) is 6. The Morgan fingerprint density at radius 3 is 2.79 bits per heavy atom. The molecule has 1 aromatic heterocycles. The van der Waals surface area contributed by atoms with E-state index in [1.807, 2.05) is 6.07 Å². The Balaban J connectivity index is 1.72. The summed E-state index contributed by atoms with van der Waals surface area (Å²) in [5.74, 6) is 0.871. The van der Waals surface area contributed by atoms with Crippen molar-refractivity contribution in [1.82, 2.24) is 9.88 Å². The Kier molecular flexibility index (Phi) is 6.60. The van der Waals surface area contributed by atoms with Crippen LogP contribution in [0.1, 0.15) is 11.3 Å². The zero-order valence-electron chi connectivity index (χ0n) is 15.6. The van der Waals surface area contributed by atoms with Crippen LogP contribution in [0.15, 0.2) is 42.6 Å². The van der Waals surface area contributed by atoms with Crippen LogP contribution in [0.3, 0.4) is 0 Å². The Morgan fingerprint density at radius 2 is 2.11 bits per heavy atom. The van der Waals surface area contributed by atoms with Crippen LogP contribution in [-0.4, -0.2) is 55.8 Å². The molecule has 1 aliphatic rings.